The molecule has 2 atom stereocenters. The van der Waals surface area contributed by atoms with Crippen molar-refractivity contribution in [2.45, 2.75) is 32.9 Å². The average Bonchev–Trinajstić information content (AvgIpc) is 3.51. The Labute approximate surface area is 312 Å². The molecule has 1 aromatic heterocycles. The number of ketones is 2. The molecule has 4 amide bonds. The minimum Gasteiger partial charge on any atom is -0.488 e. The normalized spacial score (nSPS) is 12.3. The molecule has 0 bridgehead atoms. The van der Waals surface area contributed by atoms with Crippen LogP contribution in [0.3, 0.4) is 0 Å². The van der Waals surface area contributed by atoms with Crippen LogP contribution in [0.2, 0.25) is 0 Å². The lowest BCUT2D eigenvalue weighted by Crippen LogP contribution is -2.31. The number of benzene rings is 4. The number of para-hydroxylation sites is 2. The van der Waals surface area contributed by atoms with Gasteiger partial charge in [0, 0.05) is 17.1 Å². The first-order valence-corrected chi connectivity index (χ1v) is 16.6. The number of hydrogen-bond donors (Lipinski definition) is 6. The van der Waals surface area contributed by atoms with Gasteiger partial charge in [-0.25, -0.2) is 9.59 Å². The molecule has 0 saturated heterocycles. The van der Waals surface area contributed by atoms with Gasteiger partial charge in [-0.05, 0) is 80.9 Å². The van der Waals surface area contributed by atoms with E-state index < -0.39 is 47.2 Å². The molecule has 0 aliphatic rings. The van der Waals surface area contributed by atoms with Gasteiger partial charge in [0.25, 0.3) is 11.8 Å². The maximum atomic E-state index is 13.0. The molecule has 5 aromatic rings. The summed E-state index contributed by atoms with van der Waals surface area (Å²) in [6, 6.07) is 19.0. The number of H-pyrrole nitrogens is 2. The summed E-state index contributed by atoms with van der Waals surface area (Å²) in [5.41, 5.74) is 8.10. The molecule has 4 aromatic carbocycles. The van der Waals surface area contributed by atoms with Crippen molar-refractivity contribution in [1.29, 1.82) is 0 Å². The molecule has 18 nitrogen and oxygen atoms in total. The monoisotopic (exact) mass is 748 g/mol. The minimum atomic E-state index is -1.48. The van der Waals surface area contributed by atoms with Gasteiger partial charge in [0.1, 0.15) is 36.1 Å². The maximum Gasteiger partial charge on any atom is 0.323 e. The summed E-state index contributed by atoms with van der Waals surface area (Å²) >= 11 is 0. The van der Waals surface area contributed by atoms with E-state index in [1.165, 1.54) is 19.9 Å². The maximum absolute atomic E-state index is 13.0. The van der Waals surface area contributed by atoms with Crippen LogP contribution in [-0.4, -0.2) is 64.7 Å². The summed E-state index contributed by atoms with van der Waals surface area (Å²) < 4.78 is 11.7. The zero-order valence-electron chi connectivity index (χ0n) is 29.8. The number of carbonyl (C=O) groups is 5. The lowest BCUT2D eigenvalue weighted by molar-refractivity contribution is -0.127. The van der Waals surface area contributed by atoms with E-state index in [2.05, 4.69) is 46.4 Å². The fraction of sp³-hybridized carbons (Fsp3) is 0.189. The van der Waals surface area contributed by atoms with Gasteiger partial charge in [0.05, 0.1) is 11.0 Å². The third-order valence-electron chi connectivity index (χ3n) is 7.70. The van der Waals surface area contributed by atoms with Gasteiger partial charge in [0.2, 0.25) is 12.1 Å². The van der Waals surface area contributed by atoms with Gasteiger partial charge >= 0.3 is 11.7 Å². The Morgan fingerprint density at radius 2 is 1.16 bits per heavy atom. The van der Waals surface area contributed by atoms with Crippen LogP contribution in [0.25, 0.3) is 11.0 Å². The molecular formula is C37H36N10O8. The number of amides is 4. The van der Waals surface area contributed by atoms with E-state index in [-0.39, 0.29) is 24.6 Å². The SMILES string of the molecule is CC(=O)C(N=Nc1ccccc1OCCOc1ccccc1N=NC(C(C)=O)C(=O)Nc1ccc2[nH]c(=O)[nH]c2c1)C(=O)Nc1ccc(C)c(NC(N)=O)c1. The summed E-state index contributed by atoms with van der Waals surface area (Å²) in [7, 11) is 0. The van der Waals surface area contributed by atoms with E-state index in [0.717, 1.165) is 0 Å². The Balaban J connectivity index is 1.19. The third-order valence-corrected chi connectivity index (χ3v) is 7.70. The number of urea groups is 1. The molecule has 0 fully saturated rings. The van der Waals surface area contributed by atoms with Crippen molar-refractivity contribution in [3.05, 3.63) is 101 Å². The Hall–Kier alpha value is -7.50. The highest BCUT2D eigenvalue weighted by atomic mass is 16.5. The number of hydrogen-bond acceptors (Lipinski definition) is 12. The van der Waals surface area contributed by atoms with E-state index in [9.17, 15) is 28.8 Å². The zero-order chi connectivity index (χ0) is 39.5. The van der Waals surface area contributed by atoms with Crippen LogP contribution in [0.15, 0.2) is 110 Å². The van der Waals surface area contributed by atoms with Gasteiger partial charge < -0.3 is 41.1 Å². The smallest absolute Gasteiger partial charge is 0.323 e. The predicted octanol–water partition coefficient (Wildman–Crippen LogP) is 5.47. The lowest BCUT2D eigenvalue weighted by atomic mass is 10.1. The van der Waals surface area contributed by atoms with E-state index in [1.807, 2.05) is 0 Å². The number of azo groups is 2. The fourth-order valence-electron chi connectivity index (χ4n) is 5.00. The van der Waals surface area contributed by atoms with Crippen molar-refractivity contribution in [1.82, 2.24) is 9.97 Å². The van der Waals surface area contributed by atoms with Crippen LogP contribution in [0, 0.1) is 6.92 Å². The molecule has 0 aliphatic carbocycles. The Morgan fingerprint density at radius 1 is 0.673 bits per heavy atom. The highest BCUT2D eigenvalue weighted by Gasteiger charge is 2.25. The summed E-state index contributed by atoms with van der Waals surface area (Å²) in [5.74, 6) is -1.97. The number of anilines is 3. The van der Waals surface area contributed by atoms with Crippen LogP contribution < -0.4 is 36.8 Å². The molecule has 18 heteroatoms. The first-order chi connectivity index (χ1) is 26.4. The quantitative estimate of drug-likeness (QED) is 0.0427. The number of ether oxygens (including phenoxy) is 2. The number of imidazole rings is 1. The lowest BCUT2D eigenvalue weighted by Gasteiger charge is -2.13. The molecule has 0 radical (unpaired) electrons. The molecule has 5 rings (SSSR count). The van der Waals surface area contributed by atoms with Crippen molar-refractivity contribution >= 4 is 68.9 Å². The number of nitrogens with two attached hydrogens (primary N) is 1. The standard InChI is InChI=1S/C37H36N10O8/c1-20-12-13-23(18-28(20)41-36(38)52)39-34(50)32(21(2)48)46-44-26-8-4-6-10-30(26)54-16-17-55-31-11-7-5-9-27(31)45-47-33(22(3)49)35(51)40-24-14-15-25-29(19-24)43-37(53)42-25/h4-15,18-19,32-33H,16-17H2,1-3H3,(H,39,50)(H,40,51)(H3,38,41,52)(H2,42,43,53). The summed E-state index contributed by atoms with van der Waals surface area (Å²) in [5, 5.41) is 23.9. The number of nitrogens with zero attached hydrogens (tertiary/aromatic N) is 4. The number of aromatic amines is 2. The van der Waals surface area contributed by atoms with E-state index in [4.69, 9.17) is 15.2 Å². The molecule has 282 valence electrons. The van der Waals surface area contributed by atoms with Crippen LogP contribution in [-0.2, 0) is 19.2 Å². The second kappa shape index (κ2) is 17.8. The van der Waals surface area contributed by atoms with Crippen molar-refractivity contribution < 1.29 is 33.4 Å². The topological polar surface area (TPSA) is 264 Å². The Kier molecular flexibility index (Phi) is 12.5. The van der Waals surface area contributed by atoms with Gasteiger partial charge in [-0.3, -0.25) is 19.2 Å². The molecule has 7 N–H and O–H groups in total. The molecule has 55 heavy (non-hydrogen) atoms. The number of primary amides is 1. The number of fused-ring (bicyclic) bond motifs is 1. The van der Waals surface area contributed by atoms with Gasteiger partial charge in [-0.2, -0.15) is 20.5 Å². The van der Waals surface area contributed by atoms with E-state index >= 15 is 0 Å². The molecular weight excluding hydrogens is 712 g/mol. The predicted molar refractivity (Wildman–Crippen MR) is 202 cm³/mol. The highest BCUT2D eigenvalue weighted by molar-refractivity contribution is 6.11. The van der Waals surface area contributed by atoms with E-state index in [1.54, 1.807) is 85.8 Å². The van der Waals surface area contributed by atoms with Gasteiger partial charge in [-0.1, -0.05) is 30.3 Å². The van der Waals surface area contributed by atoms with Crippen LogP contribution >= 0.6 is 0 Å². The number of aromatic nitrogens is 2. The second-order valence-electron chi connectivity index (χ2n) is 11.9. The Morgan fingerprint density at radius 3 is 1.69 bits per heavy atom. The van der Waals surface area contributed by atoms with Crippen molar-refractivity contribution in [3.8, 4) is 11.5 Å². The van der Waals surface area contributed by atoms with Gasteiger partial charge in [-0.15, -0.1) is 0 Å². The van der Waals surface area contributed by atoms with Crippen LogP contribution in [0.1, 0.15) is 19.4 Å². The molecule has 1 heterocycles. The molecule has 0 saturated carbocycles. The second-order valence-corrected chi connectivity index (χ2v) is 11.9. The van der Waals surface area contributed by atoms with Crippen LogP contribution in [0.5, 0.6) is 11.5 Å². The van der Waals surface area contributed by atoms with E-state index in [0.29, 0.717) is 45.2 Å². The number of aryl methyl sites for hydroxylation is 1. The number of carbonyl (C=O) groups excluding carboxylic acids is 5. The fourth-order valence-corrected chi connectivity index (χ4v) is 5.00. The van der Waals surface area contributed by atoms with Gasteiger partial charge in [0.15, 0.2) is 11.6 Å². The molecule has 0 aliphatic heterocycles. The number of Topliss-reactive ketones (excluding diaryl/α,β-unsaturated/α-hetero) is 2. The number of rotatable bonds is 16. The summed E-state index contributed by atoms with van der Waals surface area (Å²) in [6.45, 7) is 4.23. The zero-order valence-corrected chi connectivity index (χ0v) is 29.8. The first-order valence-electron chi connectivity index (χ1n) is 16.6. The number of nitrogens with one attached hydrogen (secondary N) is 5. The molecule has 2 unspecified atom stereocenters. The third kappa shape index (κ3) is 10.5. The minimum absolute atomic E-state index is 0.0267. The molecule has 0 spiro atoms. The van der Waals surface area contributed by atoms with Crippen LogP contribution in [0.4, 0.5) is 33.2 Å². The van der Waals surface area contributed by atoms with Crippen molar-refractivity contribution in [3.63, 3.8) is 0 Å². The summed E-state index contributed by atoms with van der Waals surface area (Å²) in [4.78, 5) is 78.8. The summed E-state index contributed by atoms with van der Waals surface area (Å²) in [6.07, 6.45) is 0. The largest absolute Gasteiger partial charge is 0.488 e. The first kappa shape index (κ1) is 38.7. The Bertz CT molecular complexity index is 2370. The van der Waals surface area contributed by atoms with Crippen molar-refractivity contribution in [2.75, 3.05) is 29.2 Å². The van der Waals surface area contributed by atoms with Crippen molar-refractivity contribution in [2.24, 2.45) is 26.2 Å². The highest BCUT2D eigenvalue weighted by Crippen LogP contribution is 2.30. The average molecular weight is 749 g/mol.